The van der Waals surface area contributed by atoms with Crippen LogP contribution in [-0.2, 0) is 27.8 Å². The molecule has 24 heavy (non-hydrogen) atoms. The van der Waals surface area contributed by atoms with E-state index in [0.717, 1.165) is 16.8 Å². The largest absolute Gasteiger partial charge is 0.384 e. The first-order valence-electron chi connectivity index (χ1n) is 8.08. The first-order valence-corrected chi connectivity index (χ1v) is 9.52. The summed E-state index contributed by atoms with van der Waals surface area (Å²) in [5, 5.41) is 4.40. The smallest absolute Gasteiger partial charge is 0.243 e. The van der Waals surface area contributed by atoms with E-state index in [1.165, 1.54) is 0 Å². The monoisotopic (exact) mass is 349 g/mol. The number of aromatic nitrogens is 2. The number of fused-ring (bicyclic) bond motifs is 1. The molecule has 2 aromatic rings. The second kappa shape index (κ2) is 6.66. The van der Waals surface area contributed by atoms with Gasteiger partial charge in [0.2, 0.25) is 10.0 Å². The minimum absolute atomic E-state index is 0.00200. The van der Waals surface area contributed by atoms with E-state index < -0.39 is 10.0 Å². The van der Waals surface area contributed by atoms with Crippen LogP contribution in [0.25, 0.3) is 0 Å². The van der Waals surface area contributed by atoms with E-state index in [2.05, 4.69) is 5.10 Å². The molecule has 1 aliphatic heterocycles. The molecule has 1 atom stereocenters. The van der Waals surface area contributed by atoms with Crippen molar-refractivity contribution >= 4 is 10.0 Å². The van der Waals surface area contributed by atoms with Gasteiger partial charge < -0.3 is 4.74 Å². The summed E-state index contributed by atoms with van der Waals surface area (Å²) in [4.78, 5) is 0.368. The summed E-state index contributed by atoms with van der Waals surface area (Å²) in [6.45, 7) is 5.78. The van der Waals surface area contributed by atoms with Gasteiger partial charge in [0.1, 0.15) is 0 Å². The number of nitrogens with zero attached hydrogens (tertiary/aromatic N) is 3. The van der Waals surface area contributed by atoms with Gasteiger partial charge in [0.25, 0.3) is 0 Å². The van der Waals surface area contributed by atoms with Crippen molar-refractivity contribution in [1.82, 2.24) is 14.1 Å². The van der Waals surface area contributed by atoms with Crippen LogP contribution in [0.2, 0.25) is 0 Å². The molecule has 1 aliphatic rings. The van der Waals surface area contributed by atoms with Crippen LogP contribution in [0.15, 0.2) is 35.4 Å². The second-order valence-electron chi connectivity index (χ2n) is 6.08. The lowest BCUT2D eigenvalue weighted by atomic mass is 9.97. The van der Waals surface area contributed by atoms with Gasteiger partial charge in [-0.3, -0.25) is 4.68 Å². The Hall–Kier alpha value is -1.70. The lowest BCUT2D eigenvalue weighted by Crippen LogP contribution is -2.40. The molecule has 0 spiro atoms. The molecule has 3 rings (SSSR count). The van der Waals surface area contributed by atoms with Crippen LogP contribution in [0, 0.1) is 6.92 Å². The molecule has 0 bridgehead atoms. The van der Waals surface area contributed by atoms with Crippen LogP contribution in [0.3, 0.4) is 0 Å². The van der Waals surface area contributed by atoms with E-state index in [9.17, 15) is 8.42 Å². The van der Waals surface area contributed by atoms with Gasteiger partial charge >= 0.3 is 0 Å². The molecule has 7 heteroatoms. The average molecular weight is 349 g/mol. The number of aryl methyl sites for hydroxylation is 2. The maximum Gasteiger partial charge on any atom is 0.243 e. The lowest BCUT2D eigenvalue weighted by Gasteiger charge is -2.32. The number of sulfonamides is 1. The quantitative estimate of drug-likeness (QED) is 0.830. The zero-order chi connectivity index (χ0) is 17.3. The summed E-state index contributed by atoms with van der Waals surface area (Å²) in [6.07, 6.45) is 1.85. The van der Waals surface area contributed by atoms with E-state index in [4.69, 9.17) is 4.74 Å². The molecule has 0 fully saturated rings. The molecule has 1 unspecified atom stereocenters. The highest BCUT2D eigenvalue weighted by Gasteiger charge is 2.36. The molecule has 130 valence electrons. The zero-order valence-electron chi connectivity index (χ0n) is 14.3. The van der Waals surface area contributed by atoms with Gasteiger partial charge in [-0.1, -0.05) is 18.2 Å². The third-order valence-electron chi connectivity index (χ3n) is 4.55. The third-order valence-corrected chi connectivity index (χ3v) is 6.52. The van der Waals surface area contributed by atoms with Crippen molar-refractivity contribution < 1.29 is 13.2 Å². The van der Waals surface area contributed by atoms with Crippen molar-refractivity contribution in [2.75, 3.05) is 20.3 Å². The van der Waals surface area contributed by atoms with Gasteiger partial charge in [0.05, 0.1) is 29.9 Å². The highest BCUT2D eigenvalue weighted by atomic mass is 32.2. The van der Waals surface area contributed by atoms with Crippen molar-refractivity contribution in [1.29, 1.82) is 0 Å². The van der Waals surface area contributed by atoms with E-state index in [1.54, 1.807) is 23.5 Å². The molecule has 0 radical (unpaired) electrons. The fourth-order valence-corrected chi connectivity index (χ4v) is 4.97. The van der Waals surface area contributed by atoms with Crippen LogP contribution in [-0.4, -0.2) is 42.8 Å². The van der Waals surface area contributed by atoms with Gasteiger partial charge in [0, 0.05) is 31.7 Å². The minimum Gasteiger partial charge on any atom is -0.384 e. The Morgan fingerprint density at radius 2 is 2.08 bits per heavy atom. The summed E-state index contributed by atoms with van der Waals surface area (Å²) in [7, 11) is -1.92. The molecular weight excluding hydrogens is 326 g/mol. The van der Waals surface area contributed by atoms with E-state index >= 15 is 0 Å². The molecule has 0 N–H and O–H groups in total. The molecule has 0 saturated heterocycles. The van der Waals surface area contributed by atoms with Gasteiger partial charge in [0.15, 0.2) is 0 Å². The first kappa shape index (κ1) is 17.1. The van der Waals surface area contributed by atoms with Crippen molar-refractivity contribution in [2.24, 2.45) is 0 Å². The highest BCUT2D eigenvalue weighted by molar-refractivity contribution is 7.89. The van der Waals surface area contributed by atoms with Crippen LogP contribution >= 0.6 is 0 Å². The summed E-state index contributed by atoms with van der Waals surface area (Å²) in [5.74, 6) is -0.00200. The number of ether oxygens (including phenoxy) is 1. The SMILES string of the molecule is CCn1ncc2c1CN(S(=O)(=O)c1ccccc1C)CC2COC. The van der Waals surface area contributed by atoms with Crippen molar-refractivity contribution in [2.45, 2.75) is 37.8 Å². The Morgan fingerprint density at radius 1 is 1.33 bits per heavy atom. The van der Waals surface area contributed by atoms with E-state index in [0.29, 0.717) is 31.1 Å². The molecule has 0 saturated carbocycles. The first-order chi connectivity index (χ1) is 11.5. The predicted octanol–water partition coefficient (Wildman–Crippen LogP) is 2.15. The van der Waals surface area contributed by atoms with Gasteiger partial charge in [-0.2, -0.15) is 9.40 Å². The summed E-state index contributed by atoms with van der Waals surface area (Å²) >= 11 is 0. The van der Waals surface area contributed by atoms with Crippen molar-refractivity contribution in [3.8, 4) is 0 Å². The summed E-state index contributed by atoms with van der Waals surface area (Å²) in [5.41, 5.74) is 2.81. The fourth-order valence-electron chi connectivity index (χ4n) is 3.30. The Morgan fingerprint density at radius 3 is 2.75 bits per heavy atom. The molecule has 6 nitrogen and oxygen atoms in total. The molecule has 1 aromatic heterocycles. The Kier molecular flexibility index (Phi) is 4.76. The second-order valence-corrected chi connectivity index (χ2v) is 7.98. The van der Waals surface area contributed by atoms with Gasteiger partial charge in [-0.25, -0.2) is 8.42 Å². The van der Waals surface area contributed by atoms with Crippen LogP contribution < -0.4 is 0 Å². The highest BCUT2D eigenvalue weighted by Crippen LogP contribution is 2.32. The number of methoxy groups -OCH3 is 1. The molecule has 0 aliphatic carbocycles. The summed E-state index contributed by atoms with van der Waals surface area (Å²) in [6, 6.07) is 7.11. The molecular formula is C17H23N3O3S. The van der Waals surface area contributed by atoms with Crippen molar-refractivity contribution in [3.05, 3.63) is 47.3 Å². The summed E-state index contributed by atoms with van der Waals surface area (Å²) < 4.78 is 35.0. The van der Waals surface area contributed by atoms with Gasteiger partial charge in [-0.15, -0.1) is 0 Å². The normalized spacial score (nSPS) is 18.5. The predicted molar refractivity (Wildman–Crippen MR) is 91.3 cm³/mol. The Labute approximate surface area is 143 Å². The maximum absolute atomic E-state index is 13.1. The Balaban J connectivity index is 2.02. The molecule has 1 aromatic carbocycles. The topological polar surface area (TPSA) is 64.4 Å². The van der Waals surface area contributed by atoms with Crippen molar-refractivity contribution in [3.63, 3.8) is 0 Å². The maximum atomic E-state index is 13.1. The van der Waals surface area contributed by atoms with Gasteiger partial charge in [-0.05, 0) is 25.5 Å². The number of hydrogen-bond acceptors (Lipinski definition) is 4. The lowest BCUT2D eigenvalue weighted by molar-refractivity contribution is 0.162. The standard InChI is InChI=1S/C17H23N3O3S/c1-4-20-16-11-19(10-14(12-23-3)15(16)9-18-20)24(21,22)17-8-6-5-7-13(17)2/h5-9,14H,4,10-12H2,1-3H3. The minimum atomic E-state index is -3.55. The zero-order valence-corrected chi connectivity index (χ0v) is 15.1. The van der Waals surface area contributed by atoms with Crippen LogP contribution in [0.4, 0.5) is 0 Å². The molecule has 2 heterocycles. The number of hydrogen-bond donors (Lipinski definition) is 0. The molecule has 0 amide bonds. The Bertz CT molecular complexity index is 829. The number of rotatable bonds is 5. The average Bonchev–Trinajstić information content (AvgIpc) is 2.98. The van der Waals surface area contributed by atoms with E-state index in [1.807, 2.05) is 36.9 Å². The number of benzene rings is 1. The van der Waals surface area contributed by atoms with Crippen LogP contribution in [0.5, 0.6) is 0 Å². The van der Waals surface area contributed by atoms with Crippen LogP contribution in [0.1, 0.15) is 29.7 Å². The van der Waals surface area contributed by atoms with E-state index in [-0.39, 0.29) is 5.92 Å². The third kappa shape index (κ3) is 2.87. The fraction of sp³-hybridized carbons (Fsp3) is 0.471.